The van der Waals surface area contributed by atoms with Crippen molar-refractivity contribution >= 4 is 77.7 Å². The molecule has 0 bridgehead atoms. The second-order valence-electron chi connectivity index (χ2n) is 33.7. The Bertz CT molecular complexity index is 8490. The van der Waals surface area contributed by atoms with Gasteiger partial charge in [-0.2, -0.15) is 0 Å². The molecule has 0 atom stereocenters. The highest BCUT2D eigenvalue weighted by Crippen LogP contribution is 2.64. The van der Waals surface area contributed by atoms with Crippen LogP contribution in [0.5, 0.6) is 23.0 Å². The van der Waals surface area contributed by atoms with Crippen molar-refractivity contribution in [2.75, 3.05) is 9.80 Å². The molecule has 0 saturated heterocycles. The number of pyridine rings is 6. The van der Waals surface area contributed by atoms with Gasteiger partial charge in [0, 0.05) is 92.2 Å². The summed E-state index contributed by atoms with van der Waals surface area (Å²) in [4.78, 5) is 62.9. The number of benzene rings is 13. The highest BCUT2D eigenvalue weighted by Gasteiger charge is 2.51. The Morgan fingerprint density at radius 3 is 0.835 bits per heavy atom. The van der Waals surface area contributed by atoms with Crippen LogP contribution in [-0.2, 0) is 5.41 Å². The number of anilines is 6. The largest absolute Gasteiger partial charge is 0.457 e. The van der Waals surface area contributed by atoms with Gasteiger partial charge in [0.2, 0.25) is 0 Å². The van der Waals surface area contributed by atoms with E-state index >= 15 is 0 Å². The summed E-state index contributed by atoms with van der Waals surface area (Å²) in [6.07, 6.45) is 10.7. The normalized spacial score (nSPS) is 12.3. The minimum Gasteiger partial charge on any atom is -0.457 e. The van der Waals surface area contributed by atoms with E-state index in [0.29, 0.717) is 17.5 Å². The number of hydrogen-bond acceptors (Lipinski definition) is 16. The highest BCUT2D eigenvalue weighted by atomic mass is 16.5. The summed E-state index contributed by atoms with van der Waals surface area (Å²) in [6.45, 7) is 0. The molecule has 3 aliphatic rings. The zero-order valence-electron chi connectivity index (χ0n) is 74.5. The Labute approximate surface area is 799 Å². The van der Waals surface area contributed by atoms with Gasteiger partial charge in [-0.15, -0.1) is 0 Å². The molecule has 1 spiro atoms. The topological polar surface area (TPSA) is 189 Å². The van der Waals surface area contributed by atoms with Crippen LogP contribution < -0.4 is 19.3 Å². The predicted molar refractivity (Wildman–Crippen MR) is 552 cm³/mol. The Balaban J connectivity index is 0.000000112. The fourth-order valence-electron chi connectivity index (χ4n) is 19.7. The van der Waals surface area contributed by atoms with Crippen LogP contribution in [0.4, 0.5) is 34.1 Å². The van der Waals surface area contributed by atoms with Crippen LogP contribution in [-0.4, -0.2) is 68.9 Å². The van der Waals surface area contributed by atoms with Gasteiger partial charge in [0.15, 0.2) is 29.0 Å². The number of para-hydroxylation sites is 14. The summed E-state index contributed by atoms with van der Waals surface area (Å²) in [6, 6.07) is 149. The van der Waals surface area contributed by atoms with Crippen LogP contribution in [0.3, 0.4) is 0 Å². The Morgan fingerprint density at radius 1 is 0.180 bits per heavy atom. The van der Waals surface area contributed by atoms with Gasteiger partial charge in [0.1, 0.15) is 11.5 Å². The van der Waals surface area contributed by atoms with E-state index in [-0.39, 0.29) is 0 Å². The molecule has 0 amide bonds. The van der Waals surface area contributed by atoms with Gasteiger partial charge < -0.3 is 28.4 Å². The van der Waals surface area contributed by atoms with E-state index in [1.165, 1.54) is 43.7 Å². The van der Waals surface area contributed by atoms with Crippen molar-refractivity contribution in [1.29, 1.82) is 0 Å². The molecule has 139 heavy (non-hydrogen) atoms. The zero-order valence-corrected chi connectivity index (χ0v) is 74.5. The van der Waals surface area contributed by atoms with Crippen molar-refractivity contribution in [1.82, 2.24) is 68.9 Å². The molecule has 3 aliphatic heterocycles. The summed E-state index contributed by atoms with van der Waals surface area (Å²) < 4.78 is 17.6. The van der Waals surface area contributed by atoms with Gasteiger partial charge in [-0.3, -0.25) is 29.9 Å². The van der Waals surface area contributed by atoms with Crippen LogP contribution in [0, 0.1) is 0 Å². The first-order valence-corrected chi connectivity index (χ1v) is 46.0. The molecule has 24 aromatic rings. The average molecular weight is 1790 g/mol. The summed E-state index contributed by atoms with van der Waals surface area (Å²) in [7, 11) is 0. The maximum absolute atomic E-state index is 6.58. The predicted octanol–water partition coefficient (Wildman–Crippen LogP) is 28.8. The average Bonchev–Trinajstić information content (AvgIpc) is 1.39. The molecule has 0 N–H and O–H groups in total. The molecule has 18 heteroatoms. The first-order chi connectivity index (χ1) is 69.0. The van der Waals surface area contributed by atoms with Crippen LogP contribution in [0.15, 0.2) is 474 Å². The minimum absolute atomic E-state index is 0.589. The summed E-state index contributed by atoms with van der Waals surface area (Å²) in [5, 5.41) is 4.77. The van der Waals surface area contributed by atoms with E-state index < -0.39 is 5.41 Å². The quantitative estimate of drug-likeness (QED) is 0.106. The second kappa shape index (κ2) is 35.1. The fraction of sp³-hybridized carbons (Fsp3) is 0.00826. The molecule has 0 aliphatic carbocycles. The summed E-state index contributed by atoms with van der Waals surface area (Å²) >= 11 is 0. The van der Waals surface area contributed by atoms with Crippen molar-refractivity contribution in [3.63, 3.8) is 0 Å². The van der Waals surface area contributed by atoms with Crippen LogP contribution in [0.25, 0.3) is 157 Å². The Hall–Kier alpha value is -19.2. The summed E-state index contributed by atoms with van der Waals surface area (Å²) in [5.41, 5.74) is 28.3. The molecule has 0 radical (unpaired) electrons. The van der Waals surface area contributed by atoms with Gasteiger partial charge in [0.25, 0.3) is 0 Å². The smallest absolute Gasteiger partial charge is 0.162 e. The molecule has 0 unspecified atom stereocenters. The molecule has 11 aromatic heterocycles. The van der Waals surface area contributed by atoms with E-state index in [9.17, 15) is 0 Å². The van der Waals surface area contributed by atoms with Crippen molar-refractivity contribution in [3.05, 3.63) is 496 Å². The van der Waals surface area contributed by atoms with Crippen molar-refractivity contribution in [3.8, 4) is 137 Å². The van der Waals surface area contributed by atoms with E-state index in [0.717, 1.165) is 176 Å². The molecule has 18 nitrogen and oxygen atoms in total. The number of fused-ring (bicyclic) bond motifs is 16. The van der Waals surface area contributed by atoms with Gasteiger partial charge in [-0.05, 0) is 223 Å². The van der Waals surface area contributed by atoms with Crippen molar-refractivity contribution in [2.24, 2.45) is 0 Å². The van der Waals surface area contributed by atoms with Gasteiger partial charge in [-0.25, -0.2) is 29.9 Å². The Kier molecular flexibility index (Phi) is 20.6. The standard InChI is InChI=1S/C45H29N5O.C44H28N6.C32H21N5O/c1-6-22-39(30(15-1)44-48-37(35-20-11-13-27-46-35)29-38(49-44)36-21-12-14-28-47-36)50-40-23-7-2-16-31(40)45(32-17-3-8-24-41(32)50)33-18-4-9-25-42(33)51-43-26-10-5-19-34(43)45;1-2-14-29(15-3-1)49-39-21-7-4-16-30(39)33-27-43-34(26-42(33)49)31-17-5-8-22-40(31)50(43)41-23-9-6-18-32(41)44-47-37(35-19-10-12-24-45-35)28-38(48-44)36-20-11-13-25-46-36;1-2-14-27(37-28-15-3-5-17-30(28)38-31-18-6-4-16-29(31)37)22(11-1)32-35-25(23-12-7-9-19-33-23)21-26(36-32)24-13-8-10-20-34-24/h1-29H;1-28H;1-21H. The molecular weight excluding hydrogens is 1710 g/mol. The lowest BCUT2D eigenvalue weighted by Crippen LogP contribution is -2.39. The van der Waals surface area contributed by atoms with E-state index in [1.54, 1.807) is 37.2 Å². The molecule has 0 fully saturated rings. The Morgan fingerprint density at radius 2 is 0.453 bits per heavy atom. The minimum atomic E-state index is -0.619. The lowest BCUT2D eigenvalue weighted by Gasteiger charge is -2.48. The van der Waals surface area contributed by atoms with E-state index in [1.807, 2.05) is 194 Å². The van der Waals surface area contributed by atoms with Crippen LogP contribution >= 0.6 is 0 Å². The number of aromatic nitrogens is 14. The molecule has 654 valence electrons. The zero-order chi connectivity index (χ0) is 92.1. The van der Waals surface area contributed by atoms with Gasteiger partial charge in [0.05, 0.1) is 136 Å². The first kappa shape index (κ1) is 81.8. The van der Waals surface area contributed by atoms with E-state index in [4.69, 9.17) is 39.4 Å². The van der Waals surface area contributed by atoms with Gasteiger partial charge >= 0.3 is 0 Å². The molecule has 0 saturated carbocycles. The van der Waals surface area contributed by atoms with Crippen molar-refractivity contribution in [2.45, 2.75) is 5.41 Å². The lowest BCUT2D eigenvalue weighted by molar-refractivity contribution is 0.434. The maximum atomic E-state index is 6.58. The monoisotopic (exact) mass is 1790 g/mol. The molecular formula is C121H78N16O2. The third kappa shape index (κ3) is 14.5. The molecule has 27 rings (SSSR count). The SMILES string of the molecule is c1ccc(-c2cc(-c3ccccn3)nc(-c3ccccc3N3c4ccccc4C4(c5ccccc5Oc5ccccc54)c4ccccc43)n2)nc1.c1ccc(-c2cc(-c3ccccn3)nc(-c3ccccc3N3c4ccccc4Oc4ccccc43)n2)nc1.c1ccc(-n2c3ccccc3c3cc4c(cc32)c2ccccc2n4-c2ccccc2-c2nc(-c3ccccn3)cc(-c3ccccn3)n2)cc1. The number of hydrogen-bond donors (Lipinski definition) is 0. The summed E-state index contributed by atoms with van der Waals surface area (Å²) in [5.74, 6) is 5.08. The fourth-order valence-corrected chi connectivity index (χ4v) is 19.7. The second-order valence-corrected chi connectivity index (χ2v) is 33.7. The third-order valence-electron chi connectivity index (χ3n) is 25.7. The first-order valence-electron chi connectivity index (χ1n) is 46.0. The maximum Gasteiger partial charge on any atom is 0.162 e. The van der Waals surface area contributed by atoms with Crippen LogP contribution in [0.2, 0.25) is 0 Å². The molecule has 14 heterocycles. The van der Waals surface area contributed by atoms with Gasteiger partial charge in [-0.1, -0.05) is 224 Å². The third-order valence-corrected chi connectivity index (χ3v) is 25.7. The van der Waals surface area contributed by atoms with E-state index in [2.05, 4.69) is 291 Å². The lowest BCUT2D eigenvalue weighted by atomic mass is 9.61. The molecule has 13 aromatic carbocycles. The number of ether oxygens (including phenoxy) is 2. The number of rotatable bonds is 13. The number of nitrogens with zero attached hydrogens (tertiary/aromatic N) is 16. The highest BCUT2D eigenvalue weighted by molar-refractivity contribution is 6.19. The van der Waals surface area contributed by atoms with Crippen molar-refractivity contribution < 1.29 is 9.47 Å². The van der Waals surface area contributed by atoms with Crippen LogP contribution in [0.1, 0.15) is 22.3 Å².